The Balaban J connectivity index is 1.86. The number of aromatic nitrogens is 2. The van der Waals surface area contributed by atoms with Gasteiger partial charge in [-0.15, -0.1) is 0 Å². The first kappa shape index (κ1) is 11.9. The number of rotatable bonds is 4. The first-order chi connectivity index (χ1) is 8.04. The molecule has 0 aliphatic heterocycles. The molecule has 0 saturated heterocycles. The summed E-state index contributed by atoms with van der Waals surface area (Å²) in [6.45, 7) is 8.37. The zero-order valence-corrected chi connectivity index (χ0v) is 10.7. The van der Waals surface area contributed by atoms with Gasteiger partial charge in [0.05, 0.1) is 11.7 Å². The highest BCUT2D eigenvalue weighted by Crippen LogP contribution is 2.15. The number of anilines is 1. The van der Waals surface area contributed by atoms with Crippen LogP contribution in [-0.2, 0) is 0 Å². The van der Waals surface area contributed by atoms with E-state index >= 15 is 0 Å². The summed E-state index contributed by atoms with van der Waals surface area (Å²) >= 11 is 0. The third-order valence-corrected chi connectivity index (χ3v) is 2.55. The summed E-state index contributed by atoms with van der Waals surface area (Å²) in [6, 6.07) is 6.23. The summed E-state index contributed by atoms with van der Waals surface area (Å²) in [7, 11) is 0. The molecule has 2 rings (SSSR count). The van der Waals surface area contributed by atoms with Crippen LogP contribution in [-0.4, -0.2) is 28.8 Å². The van der Waals surface area contributed by atoms with Crippen molar-refractivity contribution in [2.45, 2.75) is 26.3 Å². The molecular weight excluding hydrogens is 212 g/mol. The molecule has 4 heteroatoms. The normalized spacial score (nSPS) is 11.9. The monoisotopic (exact) mass is 232 g/mol. The van der Waals surface area contributed by atoms with Crippen LogP contribution < -0.4 is 10.6 Å². The predicted octanol–water partition coefficient (Wildman–Crippen LogP) is 2.36. The molecule has 0 radical (unpaired) electrons. The van der Waals surface area contributed by atoms with Gasteiger partial charge in [0, 0.05) is 29.7 Å². The maximum absolute atomic E-state index is 4.01. The second-order valence-electron chi connectivity index (χ2n) is 5.28. The molecule has 1 heterocycles. The van der Waals surface area contributed by atoms with Crippen molar-refractivity contribution < 1.29 is 0 Å². The SMILES string of the molecule is CC(C)(C)NCCNc1ccc2cn[nH]c2c1. The number of H-pyrrole nitrogens is 1. The van der Waals surface area contributed by atoms with E-state index in [2.05, 4.69) is 59.8 Å². The molecule has 4 nitrogen and oxygen atoms in total. The van der Waals surface area contributed by atoms with Gasteiger partial charge in [0.25, 0.3) is 0 Å². The Morgan fingerprint density at radius 2 is 2.06 bits per heavy atom. The Labute approximate surface area is 102 Å². The molecule has 3 N–H and O–H groups in total. The minimum atomic E-state index is 0.176. The standard InChI is InChI=1S/C13H20N4/c1-13(2,3)15-7-6-14-11-5-4-10-9-16-17-12(10)8-11/h4-5,8-9,14-15H,6-7H2,1-3H3,(H,16,17). The van der Waals surface area contributed by atoms with Gasteiger partial charge in [0.2, 0.25) is 0 Å². The lowest BCUT2D eigenvalue weighted by Crippen LogP contribution is -2.38. The number of nitrogens with one attached hydrogen (secondary N) is 3. The van der Waals surface area contributed by atoms with Crippen molar-refractivity contribution in [1.82, 2.24) is 15.5 Å². The van der Waals surface area contributed by atoms with Crippen molar-refractivity contribution in [2.24, 2.45) is 0 Å². The second-order valence-corrected chi connectivity index (χ2v) is 5.28. The second kappa shape index (κ2) is 4.75. The fraction of sp³-hybridized carbons (Fsp3) is 0.462. The van der Waals surface area contributed by atoms with E-state index in [0.29, 0.717) is 0 Å². The van der Waals surface area contributed by atoms with Crippen LogP contribution >= 0.6 is 0 Å². The van der Waals surface area contributed by atoms with Gasteiger partial charge >= 0.3 is 0 Å². The van der Waals surface area contributed by atoms with Crippen molar-refractivity contribution in [1.29, 1.82) is 0 Å². The molecular formula is C13H20N4. The molecule has 0 atom stereocenters. The third-order valence-electron chi connectivity index (χ3n) is 2.55. The zero-order chi connectivity index (χ0) is 12.3. The van der Waals surface area contributed by atoms with Crippen LogP contribution in [0.1, 0.15) is 20.8 Å². The van der Waals surface area contributed by atoms with E-state index in [9.17, 15) is 0 Å². The van der Waals surface area contributed by atoms with E-state index in [1.54, 1.807) is 0 Å². The fourth-order valence-electron chi connectivity index (χ4n) is 1.69. The summed E-state index contributed by atoms with van der Waals surface area (Å²) in [5, 5.41) is 14.9. The summed E-state index contributed by atoms with van der Waals surface area (Å²) < 4.78 is 0. The zero-order valence-electron chi connectivity index (χ0n) is 10.7. The number of benzene rings is 1. The molecule has 1 aromatic carbocycles. The van der Waals surface area contributed by atoms with Gasteiger partial charge in [-0.3, -0.25) is 5.10 Å². The smallest absolute Gasteiger partial charge is 0.0670 e. The van der Waals surface area contributed by atoms with Gasteiger partial charge in [-0.25, -0.2) is 0 Å². The van der Waals surface area contributed by atoms with Crippen molar-refractivity contribution in [3.63, 3.8) is 0 Å². The van der Waals surface area contributed by atoms with Crippen LogP contribution in [0.25, 0.3) is 10.9 Å². The van der Waals surface area contributed by atoms with Crippen LogP contribution in [0.5, 0.6) is 0 Å². The molecule has 92 valence electrons. The fourth-order valence-corrected chi connectivity index (χ4v) is 1.69. The number of aromatic amines is 1. The Morgan fingerprint density at radius 1 is 1.24 bits per heavy atom. The summed E-state index contributed by atoms with van der Waals surface area (Å²) in [4.78, 5) is 0. The molecule has 0 unspecified atom stereocenters. The topological polar surface area (TPSA) is 52.7 Å². The summed E-state index contributed by atoms with van der Waals surface area (Å²) in [5.74, 6) is 0. The van der Waals surface area contributed by atoms with E-state index in [4.69, 9.17) is 0 Å². The lowest BCUT2D eigenvalue weighted by molar-refractivity contribution is 0.435. The first-order valence-electron chi connectivity index (χ1n) is 5.97. The molecule has 1 aromatic heterocycles. The number of hydrogen-bond acceptors (Lipinski definition) is 3. The predicted molar refractivity (Wildman–Crippen MR) is 72.3 cm³/mol. The Bertz CT molecular complexity index is 481. The number of nitrogens with zero attached hydrogens (tertiary/aromatic N) is 1. The molecule has 0 saturated carbocycles. The lowest BCUT2D eigenvalue weighted by atomic mass is 10.1. The van der Waals surface area contributed by atoms with Crippen LogP contribution in [0.3, 0.4) is 0 Å². The Morgan fingerprint density at radius 3 is 2.82 bits per heavy atom. The van der Waals surface area contributed by atoms with Gasteiger partial charge in [0.15, 0.2) is 0 Å². The van der Waals surface area contributed by atoms with E-state index in [0.717, 1.165) is 29.7 Å². The average Bonchev–Trinajstić information content (AvgIpc) is 2.70. The molecule has 0 spiro atoms. The molecule has 2 aromatic rings. The van der Waals surface area contributed by atoms with E-state index in [-0.39, 0.29) is 5.54 Å². The van der Waals surface area contributed by atoms with Crippen molar-refractivity contribution >= 4 is 16.6 Å². The highest BCUT2D eigenvalue weighted by Gasteiger charge is 2.06. The van der Waals surface area contributed by atoms with E-state index in [1.807, 2.05) is 6.20 Å². The van der Waals surface area contributed by atoms with Gasteiger partial charge in [-0.05, 0) is 39.0 Å². The molecule has 0 bridgehead atoms. The van der Waals surface area contributed by atoms with Crippen molar-refractivity contribution in [2.75, 3.05) is 18.4 Å². The van der Waals surface area contributed by atoms with Crippen LogP contribution in [0, 0.1) is 0 Å². The minimum absolute atomic E-state index is 0.176. The Kier molecular flexibility index (Phi) is 3.33. The van der Waals surface area contributed by atoms with Crippen LogP contribution in [0.4, 0.5) is 5.69 Å². The number of fused-ring (bicyclic) bond motifs is 1. The van der Waals surface area contributed by atoms with Gasteiger partial charge < -0.3 is 10.6 Å². The van der Waals surface area contributed by atoms with Crippen molar-refractivity contribution in [3.05, 3.63) is 24.4 Å². The molecule has 0 aliphatic rings. The molecule has 17 heavy (non-hydrogen) atoms. The Hall–Kier alpha value is -1.55. The van der Waals surface area contributed by atoms with Gasteiger partial charge in [-0.1, -0.05) is 0 Å². The maximum atomic E-state index is 4.01. The quantitative estimate of drug-likeness (QED) is 0.709. The molecule has 0 fully saturated rings. The van der Waals surface area contributed by atoms with Crippen LogP contribution in [0.15, 0.2) is 24.4 Å². The largest absolute Gasteiger partial charge is 0.384 e. The lowest BCUT2D eigenvalue weighted by Gasteiger charge is -2.20. The van der Waals surface area contributed by atoms with Crippen molar-refractivity contribution in [3.8, 4) is 0 Å². The van der Waals surface area contributed by atoms with Gasteiger partial charge in [-0.2, -0.15) is 5.10 Å². The highest BCUT2D eigenvalue weighted by atomic mass is 15.1. The first-order valence-corrected chi connectivity index (χ1v) is 5.97. The van der Waals surface area contributed by atoms with E-state index in [1.165, 1.54) is 0 Å². The van der Waals surface area contributed by atoms with Gasteiger partial charge in [0.1, 0.15) is 0 Å². The summed E-state index contributed by atoms with van der Waals surface area (Å²) in [5.41, 5.74) is 2.37. The summed E-state index contributed by atoms with van der Waals surface area (Å²) in [6.07, 6.45) is 1.83. The molecule has 0 amide bonds. The van der Waals surface area contributed by atoms with Crippen LogP contribution in [0.2, 0.25) is 0 Å². The average molecular weight is 232 g/mol. The maximum Gasteiger partial charge on any atom is 0.0670 e. The minimum Gasteiger partial charge on any atom is -0.384 e. The van der Waals surface area contributed by atoms with E-state index < -0.39 is 0 Å². The highest BCUT2D eigenvalue weighted by molar-refractivity contribution is 5.81. The molecule has 0 aliphatic carbocycles. The number of hydrogen-bond donors (Lipinski definition) is 3. The third kappa shape index (κ3) is 3.46.